The Morgan fingerprint density at radius 3 is 2.42 bits per heavy atom. The number of fused-ring (bicyclic) bond motifs is 1. The number of nitrogens with zero attached hydrogens (tertiary/aromatic N) is 3. The molecule has 0 saturated heterocycles. The molecular weight excluding hydrogens is 452 g/mol. The Hall–Kier alpha value is -2.64. The smallest absolute Gasteiger partial charge is 0.225 e. The van der Waals surface area contributed by atoms with E-state index in [9.17, 15) is 0 Å². The monoisotopic (exact) mass is 482 g/mol. The number of anilines is 2. The molecule has 0 atom stereocenters. The van der Waals surface area contributed by atoms with Gasteiger partial charge in [-0.15, -0.1) is 0 Å². The number of aromatic nitrogens is 2. The van der Waals surface area contributed by atoms with Crippen molar-refractivity contribution in [2.75, 3.05) is 30.9 Å². The highest BCUT2D eigenvalue weighted by atomic mass is 35.5. The van der Waals surface area contributed by atoms with Crippen LogP contribution >= 0.6 is 23.8 Å². The van der Waals surface area contributed by atoms with Crippen LogP contribution in [0.15, 0.2) is 48.5 Å². The van der Waals surface area contributed by atoms with Gasteiger partial charge in [-0.2, -0.15) is 4.98 Å². The Labute approximate surface area is 206 Å². The lowest BCUT2D eigenvalue weighted by atomic mass is 9.91. The minimum absolute atomic E-state index is 0.366. The van der Waals surface area contributed by atoms with Crippen molar-refractivity contribution in [3.8, 4) is 0 Å². The zero-order valence-electron chi connectivity index (χ0n) is 19.1. The molecule has 0 bridgehead atoms. The molecule has 174 valence electrons. The number of benzene rings is 2. The van der Waals surface area contributed by atoms with E-state index in [0.717, 1.165) is 65.5 Å². The zero-order valence-corrected chi connectivity index (χ0v) is 20.7. The number of hydrogen-bond acceptors (Lipinski definition) is 5. The third-order valence-corrected chi connectivity index (χ3v) is 6.53. The van der Waals surface area contributed by atoms with Gasteiger partial charge in [0, 0.05) is 43.1 Å². The first-order chi connectivity index (χ1) is 16.0. The second-order valence-electron chi connectivity index (χ2n) is 8.75. The first-order valence-corrected chi connectivity index (χ1v) is 12.3. The molecule has 6 nitrogen and oxygen atoms in total. The highest BCUT2D eigenvalue weighted by Gasteiger charge is 2.22. The summed E-state index contributed by atoms with van der Waals surface area (Å²) in [7, 11) is 4.03. The Bertz CT molecular complexity index is 1080. The van der Waals surface area contributed by atoms with Crippen LogP contribution in [0.5, 0.6) is 0 Å². The summed E-state index contributed by atoms with van der Waals surface area (Å²) in [5.74, 6) is 1.64. The molecule has 2 aromatic carbocycles. The van der Waals surface area contributed by atoms with Crippen molar-refractivity contribution in [2.24, 2.45) is 0 Å². The molecular formula is C25H31ClN6S. The maximum absolute atomic E-state index is 5.94. The largest absolute Gasteiger partial charge is 0.362 e. The lowest BCUT2D eigenvalue weighted by Gasteiger charge is -2.30. The minimum Gasteiger partial charge on any atom is -0.362 e. The number of hydrogen-bond donors (Lipinski definition) is 3. The SMILES string of the molecule is CN(C)c1nc(NC2CCC(NC(=S)NCCc3ccc(Cl)cc3)CC2)nc2ccccc12. The Morgan fingerprint density at radius 2 is 1.70 bits per heavy atom. The van der Waals surface area contributed by atoms with Crippen molar-refractivity contribution >= 4 is 51.6 Å². The van der Waals surface area contributed by atoms with Crippen LogP contribution in [0.25, 0.3) is 10.9 Å². The summed E-state index contributed by atoms with van der Waals surface area (Å²) in [6.45, 7) is 0.803. The summed E-state index contributed by atoms with van der Waals surface area (Å²) in [6.07, 6.45) is 5.14. The highest BCUT2D eigenvalue weighted by Crippen LogP contribution is 2.26. The fourth-order valence-electron chi connectivity index (χ4n) is 4.24. The van der Waals surface area contributed by atoms with E-state index < -0.39 is 0 Å². The van der Waals surface area contributed by atoms with Gasteiger partial charge in [0.1, 0.15) is 5.82 Å². The zero-order chi connectivity index (χ0) is 23.2. The van der Waals surface area contributed by atoms with Crippen LogP contribution in [0, 0.1) is 0 Å². The van der Waals surface area contributed by atoms with Crippen molar-refractivity contribution < 1.29 is 0 Å². The summed E-state index contributed by atoms with van der Waals surface area (Å²) in [4.78, 5) is 11.6. The molecule has 4 rings (SSSR count). The third kappa shape index (κ3) is 6.45. The van der Waals surface area contributed by atoms with E-state index in [4.69, 9.17) is 33.8 Å². The molecule has 8 heteroatoms. The van der Waals surface area contributed by atoms with Crippen molar-refractivity contribution in [3.05, 3.63) is 59.1 Å². The average molecular weight is 483 g/mol. The van der Waals surface area contributed by atoms with E-state index in [0.29, 0.717) is 18.0 Å². The molecule has 1 fully saturated rings. The lowest BCUT2D eigenvalue weighted by Crippen LogP contribution is -2.45. The van der Waals surface area contributed by atoms with Crippen molar-refractivity contribution in [1.29, 1.82) is 0 Å². The molecule has 1 saturated carbocycles. The second kappa shape index (κ2) is 11.0. The average Bonchev–Trinajstić information content (AvgIpc) is 2.81. The van der Waals surface area contributed by atoms with E-state index in [2.05, 4.69) is 34.1 Å². The molecule has 0 aliphatic heterocycles. The van der Waals surface area contributed by atoms with E-state index in [1.165, 1.54) is 5.56 Å². The van der Waals surface area contributed by atoms with Gasteiger partial charge in [-0.3, -0.25) is 0 Å². The summed E-state index contributed by atoms with van der Waals surface area (Å²) in [6, 6.07) is 16.9. The number of nitrogens with one attached hydrogen (secondary N) is 3. The lowest BCUT2D eigenvalue weighted by molar-refractivity contribution is 0.385. The van der Waals surface area contributed by atoms with Crippen LogP contribution in [0.3, 0.4) is 0 Å². The van der Waals surface area contributed by atoms with Gasteiger partial charge in [0.2, 0.25) is 5.95 Å². The van der Waals surface area contributed by atoms with Crippen LogP contribution in [0.2, 0.25) is 5.02 Å². The molecule has 1 heterocycles. The van der Waals surface area contributed by atoms with E-state index in [-0.39, 0.29) is 0 Å². The quantitative estimate of drug-likeness (QED) is 0.419. The molecule has 33 heavy (non-hydrogen) atoms. The van der Waals surface area contributed by atoms with Crippen molar-refractivity contribution in [1.82, 2.24) is 20.6 Å². The molecule has 3 aromatic rings. The highest BCUT2D eigenvalue weighted by molar-refractivity contribution is 7.80. The molecule has 3 N–H and O–H groups in total. The van der Waals surface area contributed by atoms with Crippen LogP contribution in [0.1, 0.15) is 31.2 Å². The van der Waals surface area contributed by atoms with Crippen LogP contribution in [-0.4, -0.2) is 47.8 Å². The minimum atomic E-state index is 0.366. The third-order valence-electron chi connectivity index (χ3n) is 6.01. The molecule has 0 unspecified atom stereocenters. The molecule has 1 aliphatic rings. The van der Waals surface area contributed by atoms with Gasteiger partial charge in [0.05, 0.1) is 5.52 Å². The predicted molar refractivity (Wildman–Crippen MR) is 142 cm³/mol. The van der Waals surface area contributed by atoms with Gasteiger partial charge in [-0.05, 0) is 74.2 Å². The van der Waals surface area contributed by atoms with Crippen LogP contribution < -0.4 is 20.9 Å². The fourth-order valence-corrected chi connectivity index (χ4v) is 4.63. The summed E-state index contributed by atoms with van der Waals surface area (Å²) in [5.41, 5.74) is 2.21. The van der Waals surface area contributed by atoms with E-state index >= 15 is 0 Å². The molecule has 1 aromatic heterocycles. The first kappa shape index (κ1) is 23.5. The summed E-state index contributed by atoms with van der Waals surface area (Å²) in [5, 5.41) is 12.9. The normalized spacial score (nSPS) is 18.0. The Kier molecular flexibility index (Phi) is 7.83. The van der Waals surface area contributed by atoms with Gasteiger partial charge in [0.15, 0.2) is 5.11 Å². The van der Waals surface area contributed by atoms with Crippen molar-refractivity contribution in [3.63, 3.8) is 0 Å². The molecule has 1 aliphatic carbocycles. The standard InChI is InChI=1S/C25H31ClN6S/c1-32(2)23-21-5-3-4-6-22(21)30-24(31-23)28-19-11-13-20(14-12-19)29-25(33)27-16-15-17-7-9-18(26)10-8-17/h3-10,19-20H,11-16H2,1-2H3,(H2,27,29,33)(H,28,30,31). The van der Waals surface area contributed by atoms with E-state index in [1.54, 1.807) is 0 Å². The number of halogens is 1. The van der Waals surface area contributed by atoms with Crippen molar-refractivity contribution in [2.45, 2.75) is 44.2 Å². The Balaban J connectivity index is 1.23. The van der Waals surface area contributed by atoms with Gasteiger partial charge in [-0.1, -0.05) is 35.9 Å². The number of thiocarbonyl (C=S) groups is 1. The molecule has 0 radical (unpaired) electrons. The fraction of sp³-hybridized carbons (Fsp3) is 0.400. The summed E-state index contributed by atoms with van der Waals surface area (Å²) < 4.78 is 0. The van der Waals surface area contributed by atoms with E-state index in [1.807, 2.05) is 49.3 Å². The molecule has 0 amide bonds. The Morgan fingerprint density at radius 1 is 1.00 bits per heavy atom. The van der Waals surface area contributed by atoms with Gasteiger partial charge < -0.3 is 20.9 Å². The summed E-state index contributed by atoms with van der Waals surface area (Å²) >= 11 is 11.4. The first-order valence-electron chi connectivity index (χ1n) is 11.5. The van der Waals surface area contributed by atoms with Gasteiger partial charge >= 0.3 is 0 Å². The topological polar surface area (TPSA) is 65.1 Å². The number of rotatable bonds is 7. The number of para-hydroxylation sites is 1. The maximum atomic E-state index is 5.94. The van der Waals surface area contributed by atoms with Gasteiger partial charge in [-0.25, -0.2) is 4.98 Å². The maximum Gasteiger partial charge on any atom is 0.225 e. The van der Waals surface area contributed by atoms with Crippen LogP contribution in [-0.2, 0) is 6.42 Å². The molecule has 0 spiro atoms. The predicted octanol–water partition coefficient (Wildman–Crippen LogP) is 4.78. The van der Waals surface area contributed by atoms with Gasteiger partial charge in [0.25, 0.3) is 0 Å². The second-order valence-corrected chi connectivity index (χ2v) is 9.60. The van der Waals surface area contributed by atoms with Crippen LogP contribution in [0.4, 0.5) is 11.8 Å².